The van der Waals surface area contributed by atoms with Crippen molar-refractivity contribution in [3.63, 3.8) is 0 Å². The number of hydrogen-bond donors (Lipinski definition) is 2. The molecule has 0 bridgehead atoms. The van der Waals surface area contributed by atoms with E-state index in [-0.39, 0.29) is 11.9 Å². The van der Waals surface area contributed by atoms with Gasteiger partial charge in [-0.1, -0.05) is 50.2 Å². The number of hydrogen-bond acceptors (Lipinski definition) is 3. The molecule has 38 heavy (non-hydrogen) atoms. The van der Waals surface area contributed by atoms with Crippen molar-refractivity contribution < 1.29 is 19.4 Å². The lowest BCUT2D eigenvalue weighted by Crippen LogP contribution is -2.26. The first-order valence-electron chi connectivity index (χ1n) is 13.0. The van der Waals surface area contributed by atoms with E-state index in [0.29, 0.717) is 23.8 Å². The minimum absolute atomic E-state index is 0.100. The number of amides is 1. The largest absolute Gasteiger partial charge is 0.479 e. The number of benzene rings is 3. The third kappa shape index (κ3) is 5.75. The molecule has 2 N–H and O–H groups in total. The number of fused-ring (bicyclic) bond motifs is 1. The molecule has 0 saturated heterocycles. The Kier molecular flexibility index (Phi) is 7.91. The monoisotopic (exact) mass is 512 g/mol. The fraction of sp³-hybridized carbons (Fsp3) is 0.312. The number of carbonyl (C=O) groups is 2. The summed E-state index contributed by atoms with van der Waals surface area (Å²) in [4.78, 5) is 24.3. The Morgan fingerprint density at radius 3 is 2.34 bits per heavy atom. The smallest absolute Gasteiger partial charge is 0.344 e. The highest BCUT2D eigenvalue weighted by atomic mass is 16.5. The van der Waals surface area contributed by atoms with E-state index in [0.717, 1.165) is 33.3 Å². The van der Waals surface area contributed by atoms with E-state index in [1.807, 2.05) is 49.4 Å². The van der Waals surface area contributed by atoms with E-state index >= 15 is 0 Å². The minimum Gasteiger partial charge on any atom is -0.479 e. The summed E-state index contributed by atoms with van der Waals surface area (Å²) < 4.78 is 7.76. The number of nitrogens with zero attached hydrogens (tertiary/aromatic N) is 1. The second-order valence-corrected chi connectivity index (χ2v) is 10.3. The van der Waals surface area contributed by atoms with Crippen molar-refractivity contribution in [2.45, 2.75) is 66.2 Å². The first kappa shape index (κ1) is 27.0. The Morgan fingerprint density at radius 2 is 1.63 bits per heavy atom. The number of ether oxygens (including phenoxy) is 1. The lowest BCUT2D eigenvalue weighted by molar-refractivity contribution is -0.144. The number of nitrogens with one attached hydrogen (secondary N) is 1. The summed E-state index contributed by atoms with van der Waals surface area (Å²) in [5.74, 6) is -0.151. The number of carboxylic acid groups (broad SMARTS) is 1. The zero-order chi connectivity index (χ0) is 27.6. The van der Waals surface area contributed by atoms with E-state index in [1.165, 1.54) is 12.5 Å². The molecule has 6 heteroatoms. The number of carbonyl (C=O) groups excluding carboxylic acids is 1. The lowest BCUT2D eigenvalue weighted by Gasteiger charge is -2.16. The highest BCUT2D eigenvalue weighted by Crippen LogP contribution is 2.28. The zero-order valence-corrected chi connectivity index (χ0v) is 22.9. The van der Waals surface area contributed by atoms with Crippen LogP contribution in [-0.2, 0) is 11.3 Å². The van der Waals surface area contributed by atoms with Gasteiger partial charge in [-0.25, -0.2) is 4.79 Å². The van der Waals surface area contributed by atoms with Crippen molar-refractivity contribution in [2.24, 2.45) is 0 Å². The van der Waals surface area contributed by atoms with Crippen molar-refractivity contribution >= 4 is 22.8 Å². The molecule has 0 spiro atoms. The first-order chi connectivity index (χ1) is 18.0. The lowest BCUT2D eigenvalue weighted by atomic mass is 9.98. The normalized spacial score (nSPS) is 12.9. The van der Waals surface area contributed by atoms with Crippen LogP contribution < -0.4 is 10.1 Å². The summed E-state index contributed by atoms with van der Waals surface area (Å²) in [6.45, 7) is 12.6. The molecule has 0 radical (unpaired) electrons. The first-order valence-corrected chi connectivity index (χ1v) is 13.0. The van der Waals surface area contributed by atoms with Gasteiger partial charge in [0.25, 0.3) is 5.91 Å². The predicted octanol–water partition coefficient (Wildman–Crippen LogP) is 6.77. The van der Waals surface area contributed by atoms with Gasteiger partial charge in [0, 0.05) is 28.7 Å². The predicted molar refractivity (Wildman–Crippen MR) is 151 cm³/mol. The standard InChI is InChI=1S/C32H36N2O4/c1-19(2)25-10-8-11-26(16-25)21(4)33-31(35)27-13-14-30-29(17-27)20(3)22(5)34(30)18-24-9-7-12-28(15-24)38-23(6)32(36)37/h7-17,19,21,23H,18H2,1-6H3,(H,33,35)(H,36,37)/t21-,23-/m0/s1. The van der Waals surface area contributed by atoms with Crippen LogP contribution in [0.5, 0.6) is 5.75 Å². The Hall–Kier alpha value is -4.06. The maximum Gasteiger partial charge on any atom is 0.344 e. The second-order valence-electron chi connectivity index (χ2n) is 10.3. The number of carboxylic acids is 1. The Bertz CT molecular complexity index is 1480. The van der Waals surface area contributed by atoms with Gasteiger partial charge in [-0.2, -0.15) is 0 Å². The third-order valence-corrected chi connectivity index (χ3v) is 7.23. The van der Waals surface area contributed by atoms with Crippen molar-refractivity contribution in [3.05, 3.63) is 100 Å². The quantitative estimate of drug-likeness (QED) is 0.259. The Balaban J connectivity index is 1.56. The molecule has 1 amide bonds. The maximum absolute atomic E-state index is 13.2. The van der Waals surface area contributed by atoms with Gasteiger partial charge in [0.15, 0.2) is 6.10 Å². The average Bonchev–Trinajstić information content (AvgIpc) is 3.13. The molecular weight excluding hydrogens is 476 g/mol. The molecule has 4 rings (SSSR count). The summed E-state index contributed by atoms with van der Waals surface area (Å²) in [5, 5.41) is 13.3. The molecule has 4 aromatic rings. The van der Waals surface area contributed by atoms with Crippen molar-refractivity contribution in [3.8, 4) is 5.75 Å². The molecule has 2 atom stereocenters. The van der Waals surface area contributed by atoms with Crippen LogP contribution in [0.4, 0.5) is 0 Å². The summed E-state index contributed by atoms with van der Waals surface area (Å²) >= 11 is 0. The second kappa shape index (κ2) is 11.1. The molecular formula is C32H36N2O4. The number of aliphatic carboxylic acids is 1. The van der Waals surface area contributed by atoms with Gasteiger partial charge in [-0.3, -0.25) is 4.79 Å². The fourth-order valence-electron chi connectivity index (χ4n) is 4.70. The van der Waals surface area contributed by atoms with Crippen LogP contribution in [0.1, 0.15) is 78.0 Å². The molecule has 0 saturated carbocycles. The van der Waals surface area contributed by atoms with Gasteiger partial charge in [-0.15, -0.1) is 0 Å². The van der Waals surface area contributed by atoms with Gasteiger partial charge in [-0.05, 0) is 86.2 Å². The molecule has 0 aliphatic carbocycles. The molecule has 1 aromatic heterocycles. The van der Waals surface area contributed by atoms with Crippen LogP contribution in [0.3, 0.4) is 0 Å². The average molecular weight is 513 g/mol. The van der Waals surface area contributed by atoms with Gasteiger partial charge in [0.05, 0.1) is 6.04 Å². The van der Waals surface area contributed by atoms with Crippen molar-refractivity contribution in [1.82, 2.24) is 9.88 Å². The van der Waals surface area contributed by atoms with Crippen LogP contribution in [0.15, 0.2) is 66.7 Å². The highest BCUT2D eigenvalue weighted by molar-refractivity contribution is 5.99. The molecule has 0 aliphatic heterocycles. The van der Waals surface area contributed by atoms with E-state index in [2.05, 4.69) is 55.8 Å². The number of aryl methyl sites for hydroxylation is 1. The third-order valence-electron chi connectivity index (χ3n) is 7.23. The van der Waals surface area contributed by atoms with Crippen LogP contribution in [-0.4, -0.2) is 27.7 Å². The minimum atomic E-state index is -1.00. The molecule has 198 valence electrons. The van der Waals surface area contributed by atoms with E-state index < -0.39 is 12.1 Å². The Labute approximate surface area is 224 Å². The Morgan fingerprint density at radius 1 is 0.921 bits per heavy atom. The number of aromatic nitrogens is 1. The van der Waals surface area contributed by atoms with E-state index in [1.54, 1.807) is 6.07 Å². The maximum atomic E-state index is 13.2. The summed E-state index contributed by atoms with van der Waals surface area (Å²) in [5.41, 5.74) is 7.25. The summed E-state index contributed by atoms with van der Waals surface area (Å²) in [6.07, 6.45) is -0.923. The molecule has 0 fully saturated rings. The topological polar surface area (TPSA) is 80.6 Å². The summed E-state index contributed by atoms with van der Waals surface area (Å²) in [6, 6.07) is 21.6. The fourth-order valence-corrected chi connectivity index (χ4v) is 4.70. The zero-order valence-electron chi connectivity index (χ0n) is 22.9. The number of rotatable bonds is 9. The molecule has 0 unspecified atom stereocenters. The van der Waals surface area contributed by atoms with Crippen molar-refractivity contribution in [2.75, 3.05) is 0 Å². The highest BCUT2D eigenvalue weighted by Gasteiger charge is 2.17. The van der Waals surface area contributed by atoms with Crippen molar-refractivity contribution in [1.29, 1.82) is 0 Å². The molecule has 6 nitrogen and oxygen atoms in total. The van der Waals surface area contributed by atoms with Crippen LogP contribution in [0.2, 0.25) is 0 Å². The van der Waals surface area contributed by atoms with Gasteiger partial charge < -0.3 is 19.7 Å². The van der Waals surface area contributed by atoms with E-state index in [4.69, 9.17) is 9.84 Å². The molecule has 3 aromatic carbocycles. The summed E-state index contributed by atoms with van der Waals surface area (Å²) in [7, 11) is 0. The SMILES string of the molecule is Cc1c(C)n(Cc2cccc(O[C@@H](C)C(=O)O)c2)c2ccc(C(=O)N[C@@H](C)c3cccc(C(C)C)c3)cc12. The van der Waals surface area contributed by atoms with E-state index in [9.17, 15) is 9.59 Å². The van der Waals surface area contributed by atoms with Crippen LogP contribution in [0, 0.1) is 13.8 Å². The molecule has 1 heterocycles. The van der Waals surface area contributed by atoms with Crippen LogP contribution >= 0.6 is 0 Å². The van der Waals surface area contributed by atoms with Gasteiger partial charge in [0.1, 0.15) is 5.75 Å². The molecule has 0 aliphatic rings. The van der Waals surface area contributed by atoms with Gasteiger partial charge >= 0.3 is 5.97 Å². The van der Waals surface area contributed by atoms with Crippen LogP contribution in [0.25, 0.3) is 10.9 Å². The van der Waals surface area contributed by atoms with Gasteiger partial charge in [0.2, 0.25) is 0 Å².